The van der Waals surface area contributed by atoms with Gasteiger partial charge in [-0.1, -0.05) is 6.42 Å². The molecule has 28 heavy (non-hydrogen) atoms. The number of amides is 1. The minimum Gasteiger partial charge on any atom is -0.511 e. The molecule has 2 fully saturated rings. The topological polar surface area (TPSA) is 178 Å². The first kappa shape index (κ1) is 19.1. The molecule has 9 nitrogen and oxygen atoms in total. The van der Waals surface area contributed by atoms with Gasteiger partial charge < -0.3 is 31.3 Å². The third-order valence-electron chi connectivity index (χ3n) is 7.00. The summed E-state index contributed by atoms with van der Waals surface area (Å²) in [6.45, 7) is 0. The molecule has 4 aliphatic carbocycles. The van der Waals surface area contributed by atoms with Crippen molar-refractivity contribution in [2.75, 3.05) is 0 Å². The lowest BCUT2D eigenvalue weighted by Crippen LogP contribution is -2.61. The highest BCUT2D eigenvalue weighted by Crippen LogP contribution is 2.54. The Bertz CT molecular complexity index is 845. The van der Waals surface area contributed by atoms with Crippen LogP contribution >= 0.6 is 0 Å². The van der Waals surface area contributed by atoms with Crippen molar-refractivity contribution in [3.8, 4) is 0 Å². The number of hydrogen-bond donors (Lipinski definition) is 6. The van der Waals surface area contributed by atoms with Gasteiger partial charge in [-0.05, 0) is 25.2 Å². The normalized spacial score (nSPS) is 43.4. The molecule has 0 saturated heterocycles. The van der Waals surface area contributed by atoms with E-state index in [0.717, 1.165) is 0 Å². The molecule has 0 aromatic carbocycles. The molecular formula is C19H23NO8. The second-order valence-corrected chi connectivity index (χ2v) is 8.33. The van der Waals surface area contributed by atoms with Gasteiger partial charge >= 0.3 is 0 Å². The minimum absolute atomic E-state index is 0.0377. The molecule has 0 bridgehead atoms. The summed E-state index contributed by atoms with van der Waals surface area (Å²) in [6.07, 6.45) is -0.784. The summed E-state index contributed by atoms with van der Waals surface area (Å²) in [5.41, 5.74) is 1.48. The first-order chi connectivity index (χ1) is 13.1. The van der Waals surface area contributed by atoms with Crippen LogP contribution in [0.15, 0.2) is 22.7 Å². The number of allylic oxidation sites excluding steroid dienone is 1. The summed E-state index contributed by atoms with van der Waals surface area (Å²) >= 11 is 0. The van der Waals surface area contributed by atoms with Gasteiger partial charge in [0.05, 0.1) is 18.1 Å². The lowest BCUT2D eigenvalue weighted by Gasteiger charge is -2.51. The molecule has 0 spiro atoms. The molecule has 0 radical (unpaired) electrons. The van der Waals surface area contributed by atoms with Crippen molar-refractivity contribution in [2.45, 2.75) is 49.9 Å². The molecule has 152 valence electrons. The Morgan fingerprint density at radius 3 is 2.46 bits per heavy atom. The highest BCUT2D eigenvalue weighted by atomic mass is 16.3. The first-order valence-electron chi connectivity index (χ1n) is 9.43. The zero-order chi connectivity index (χ0) is 20.5. The number of carbonyl (C=O) groups excluding carboxylic acids is 3. The van der Waals surface area contributed by atoms with Crippen LogP contribution in [0, 0.1) is 23.7 Å². The van der Waals surface area contributed by atoms with Crippen molar-refractivity contribution in [2.24, 2.45) is 29.4 Å². The SMILES string of the molecule is NC(=O)C1=C(O)C[C@@H]2CC3C(=C(O)[C@]2(O)C1=O)C(=O)C1C(O)CCCC1C3O. The monoisotopic (exact) mass is 393 g/mol. The maximum Gasteiger partial charge on any atom is 0.255 e. The number of primary amides is 1. The van der Waals surface area contributed by atoms with Crippen molar-refractivity contribution in [3.63, 3.8) is 0 Å². The van der Waals surface area contributed by atoms with Crippen molar-refractivity contribution in [1.82, 2.24) is 0 Å². The van der Waals surface area contributed by atoms with Crippen molar-refractivity contribution < 1.29 is 39.9 Å². The van der Waals surface area contributed by atoms with Crippen LogP contribution in [0.3, 0.4) is 0 Å². The highest BCUT2D eigenvalue weighted by molar-refractivity contribution is 6.24. The van der Waals surface area contributed by atoms with E-state index in [1.165, 1.54) is 0 Å². The third kappa shape index (κ3) is 2.26. The summed E-state index contributed by atoms with van der Waals surface area (Å²) in [6, 6.07) is 0. The van der Waals surface area contributed by atoms with Crippen molar-refractivity contribution >= 4 is 17.5 Å². The van der Waals surface area contributed by atoms with E-state index in [0.29, 0.717) is 19.3 Å². The van der Waals surface area contributed by atoms with Crippen LogP contribution in [0.5, 0.6) is 0 Å². The Kier molecular flexibility index (Phi) is 4.18. The quantitative estimate of drug-likeness (QED) is 0.312. The van der Waals surface area contributed by atoms with E-state index in [2.05, 4.69) is 0 Å². The predicted octanol–water partition coefficient (Wildman–Crippen LogP) is -0.843. The van der Waals surface area contributed by atoms with E-state index < -0.39 is 76.0 Å². The molecule has 0 heterocycles. The van der Waals surface area contributed by atoms with Gasteiger partial charge in [0.15, 0.2) is 11.4 Å². The lowest BCUT2D eigenvalue weighted by molar-refractivity contribution is -0.153. The maximum atomic E-state index is 13.1. The molecule has 5 unspecified atom stereocenters. The molecule has 1 amide bonds. The van der Waals surface area contributed by atoms with Crippen LogP contribution in [-0.2, 0) is 14.4 Å². The summed E-state index contributed by atoms with van der Waals surface area (Å²) in [5, 5.41) is 53.1. The average Bonchev–Trinajstić information content (AvgIpc) is 2.62. The van der Waals surface area contributed by atoms with Gasteiger partial charge in [-0.15, -0.1) is 0 Å². The standard InChI is InChI=1S/C19H23NO8/c20-18(27)13-10(22)5-6-4-8-12(16(25)19(6,28)17(13)26)15(24)11-7(14(8)23)2-1-3-9(11)21/h6-9,11,14,21-23,25,28H,1-5H2,(H2,20,27)/t6-,7?,8?,9?,11?,14?,19-/m0/s1. The van der Waals surface area contributed by atoms with E-state index in [4.69, 9.17) is 5.73 Å². The van der Waals surface area contributed by atoms with Crippen LogP contribution in [0.4, 0.5) is 0 Å². The van der Waals surface area contributed by atoms with Gasteiger partial charge in [0.1, 0.15) is 17.1 Å². The van der Waals surface area contributed by atoms with E-state index in [9.17, 15) is 39.9 Å². The molecule has 7 N–H and O–H groups in total. The molecule has 0 aromatic rings. The van der Waals surface area contributed by atoms with Crippen LogP contribution in [0.25, 0.3) is 0 Å². The number of rotatable bonds is 1. The fraction of sp³-hybridized carbons (Fsp3) is 0.632. The largest absolute Gasteiger partial charge is 0.511 e. The molecule has 4 aliphatic rings. The average molecular weight is 393 g/mol. The fourth-order valence-electron chi connectivity index (χ4n) is 5.65. The first-order valence-corrected chi connectivity index (χ1v) is 9.43. The zero-order valence-electron chi connectivity index (χ0n) is 15.0. The van der Waals surface area contributed by atoms with E-state index in [1.807, 2.05) is 0 Å². The number of ketones is 2. The van der Waals surface area contributed by atoms with E-state index in [-0.39, 0.29) is 18.4 Å². The summed E-state index contributed by atoms with van der Waals surface area (Å²) in [4.78, 5) is 37.4. The summed E-state index contributed by atoms with van der Waals surface area (Å²) in [7, 11) is 0. The molecule has 0 aromatic heterocycles. The molecule has 2 saturated carbocycles. The Morgan fingerprint density at radius 1 is 1.14 bits per heavy atom. The minimum atomic E-state index is -2.58. The van der Waals surface area contributed by atoms with Crippen LogP contribution in [0.2, 0.25) is 0 Å². The lowest BCUT2D eigenvalue weighted by atomic mass is 9.55. The van der Waals surface area contributed by atoms with Gasteiger partial charge in [-0.3, -0.25) is 14.4 Å². The molecule has 4 rings (SSSR count). The van der Waals surface area contributed by atoms with Gasteiger partial charge in [-0.25, -0.2) is 0 Å². The number of hydrogen-bond acceptors (Lipinski definition) is 8. The number of Topliss-reactive ketones (excluding diaryl/α,β-unsaturated/α-hetero) is 2. The summed E-state index contributed by atoms with van der Waals surface area (Å²) < 4.78 is 0. The Hall–Kier alpha value is -2.23. The second kappa shape index (κ2) is 6.13. The number of aliphatic hydroxyl groups excluding tert-OH is 4. The Morgan fingerprint density at radius 2 is 1.82 bits per heavy atom. The van der Waals surface area contributed by atoms with Gasteiger partial charge in [0.25, 0.3) is 5.91 Å². The fourth-order valence-corrected chi connectivity index (χ4v) is 5.65. The van der Waals surface area contributed by atoms with Crippen molar-refractivity contribution in [3.05, 3.63) is 22.7 Å². The Labute approximate surface area is 160 Å². The molecular weight excluding hydrogens is 370 g/mol. The van der Waals surface area contributed by atoms with Gasteiger partial charge in [0, 0.05) is 23.8 Å². The molecule has 7 atom stereocenters. The Balaban J connectivity index is 1.86. The van der Waals surface area contributed by atoms with Gasteiger partial charge in [-0.2, -0.15) is 0 Å². The van der Waals surface area contributed by atoms with Gasteiger partial charge in [0.2, 0.25) is 5.78 Å². The zero-order valence-corrected chi connectivity index (χ0v) is 15.0. The number of nitrogens with two attached hydrogens (primary N) is 1. The second-order valence-electron chi connectivity index (χ2n) is 8.33. The summed E-state index contributed by atoms with van der Waals surface area (Å²) in [5.74, 6) is -7.84. The van der Waals surface area contributed by atoms with Crippen LogP contribution in [0.1, 0.15) is 32.1 Å². The van der Waals surface area contributed by atoms with Crippen molar-refractivity contribution in [1.29, 1.82) is 0 Å². The third-order valence-corrected chi connectivity index (χ3v) is 7.00. The predicted molar refractivity (Wildman–Crippen MR) is 92.5 cm³/mol. The van der Waals surface area contributed by atoms with Crippen LogP contribution in [-0.4, -0.2) is 60.8 Å². The number of aliphatic hydroxyl groups is 5. The van der Waals surface area contributed by atoms with E-state index in [1.54, 1.807) is 0 Å². The highest BCUT2D eigenvalue weighted by Gasteiger charge is 2.62. The molecule has 0 aliphatic heterocycles. The maximum absolute atomic E-state index is 13.1. The number of carbonyl (C=O) groups is 3. The van der Waals surface area contributed by atoms with E-state index >= 15 is 0 Å². The molecule has 9 heteroatoms. The smallest absolute Gasteiger partial charge is 0.255 e. The van der Waals surface area contributed by atoms with Crippen LogP contribution < -0.4 is 5.73 Å². The number of fused-ring (bicyclic) bond motifs is 3.